The minimum absolute atomic E-state index is 0.630. The Hall–Kier alpha value is -0.350. The van der Waals surface area contributed by atoms with Crippen LogP contribution in [0, 0.1) is 11.8 Å². The molecule has 0 aliphatic heterocycles. The number of aryl methyl sites for hydroxylation is 1. The van der Waals surface area contributed by atoms with Crippen LogP contribution in [0.2, 0.25) is 0 Å². The Morgan fingerprint density at radius 3 is 2.95 bits per heavy atom. The molecule has 0 saturated heterocycles. The molecule has 0 amide bonds. The number of nitrogens with zero attached hydrogens (tertiary/aromatic N) is 2. The second kappa shape index (κ2) is 6.61. The van der Waals surface area contributed by atoms with Crippen molar-refractivity contribution in [2.24, 2.45) is 11.8 Å². The average Bonchev–Trinajstić information content (AvgIpc) is 2.71. The Morgan fingerprint density at radius 2 is 2.30 bits per heavy atom. The molecular weight excluding hydrogens is 316 g/mol. The molecule has 2 unspecified atom stereocenters. The Morgan fingerprint density at radius 1 is 1.55 bits per heavy atom. The van der Waals surface area contributed by atoms with Crippen LogP contribution in [0.15, 0.2) is 10.7 Å². The summed E-state index contributed by atoms with van der Waals surface area (Å²) >= 11 is 3.59. The zero-order chi connectivity index (χ0) is 14.8. The lowest BCUT2D eigenvalue weighted by atomic mass is 9.73. The van der Waals surface area contributed by atoms with Gasteiger partial charge in [-0.3, -0.25) is 4.68 Å². The van der Waals surface area contributed by atoms with E-state index in [4.69, 9.17) is 0 Å². The first-order chi connectivity index (χ1) is 9.46. The molecular formula is C16H27BrN2O. The summed E-state index contributed by atoms with van der Waals surface area (Å²) in [4.78, 5) is 0. The SMILES string of the molecule is CCCn1ncc(Br)c1C1(O)CCCC(CC(C)C)C1. The van der Waals surface area contributed by atoms with Gasteiger partial charge in [-0.25, -0.2) is 0 Å². The summed E-state index contributed by atoms with van der Waals surface area (Å²) in [7, 11) is 0. The summed E-state index contributed by atoms with van der Waals surface area (Å²) < 4.78 is 2.95. The van der Waals surface area contributed by atoms with Gasteiger partial charge in [-0.05, 0) is 59.9 Å². The van der Waals surface area contributed by atoms with Crippen molar-refractivity contribution in [1.82, 2.24) is 9.78 Å². The first-order valence-electron chi connectivity index (χ1n) is 7.90. The smallest absolute Gasteiger partial charge is 0.108 e. The van der Waals surface area contributed by atoms with Gasteiger partial charge in [0, 0.05) is 6.54 Å². The van der Waals surface area contributed by atoms with E-state index < -0.39 is 5.60 Å². The number of halogens is 1. The molecule has 2 rings (SSSR count). The average molecular weight is 343 g/mol. The fourth-order valence-corrected chi connectivity index (χ4v) is 4.32. The van der Waals surface area contributed by atoms with Crippen LogP contribution in [0.3, 0.4) is 0 Å². The monoisotopic (exact) mass is 342 g/mol. The highest BCUT2D eigenvalue weighted by molar-refractivity contribution is 9.10. The van der Waals surface area contributed by atoms with Crippen LogP contribution in [0.5, 0.6) is 0 Å². The van der Waals surface area contributed by atoms with Crippen molar-refractivity contribution in [2.75, 3.05) is 0 Å². The van der Waals surface area contributed by atoms with E-state index in [0.717, 1.165) is 42.4 Å². The van der Waals surface area contributed by atoms with E-state index in [1.54, 1.807) is 0 Å². The third-order valence-corrected chi connectivity index (χ3v) is 4.89. The molecule has 0 radical (unpaired) electrons. The number of rotatable bonds is 5. The third kappa shape index (κ3) is 3.45. The lowest BCUT2D eigenvalue weighted by Crippen LogP contribution is -2.35. The lowest BCUT2D eigenvalue weighted by Gasteiger charge is -2.38. The van der Waals surface area contributed by atoms with E-state index in [0.29, 0.717) is 11.8 Å². The van der Waals surface area contributed by atoms with Crippen LogP contribution in [-0.4, -0.2) is 14.9 Å². The highest BCUT2D eigenvalue weighted by atomic mass is 79.9. The van der Waals surface area contributed by atoms with Crippen LogP contribution < -0.4 is 0 Å². The van der Waals surface area contributed by atoms with Crippen molar-refractivity contribution in [3.05, 3.63) is 16.4 Å². The summed E-state index contributed by atoms with van der Waals surface area (Å²) in [5.74, 6) is 1.33. The van der Waals surface area contributed by atoms with Crippen LogP contribution in [0.4, 0.5) is 0 Å². The molecule has 1 aliphatic carbocycles. The zero-order valence-electron chi connectivity index (χ0n) is 12.9. The van der Waals surface area contributed by atoms with Gasteiger partial charge in [0.15, 0.2) is 0 Å². The van der Waals surface area contributed by atoms with Crippen molar-refractivity contribution in [2.45, 2.75) is 71.4 Å². The maximum atomic E-state index is 11.2. The molecule has 1 N–H and O–H groups in total. The number of hydrogen-bond acceptors (Lipinski definition) is 2. The van der Waals surface area contributed by atoms with Crippen molar-refractivity contribution >= 4 is 15.9 Å². The van der Waals surface area contributed by atoms with Crippen LogP contribution in [0.25, 0.3) is 0 Å². The molecule has 3 nitrogen and oxygen atoms in total. The molecule has 20 heavy (non-hydrogen) atoms. The molecule has 0 bridgehead atoms. The highest BCUT2D eigenvalue weighted by Gasteiger charge is 2.39. The minimum Gasteiger partial charge on any atom is -0.384 e. The Kier molecular flexibility index (Phi) is 5.30. The molecule has 1 saturated carbocycles. The maximum Gasteiger partial charge on any atom is 0.108 e. The predicted molar refractivity (Wildman–Crippen MR) is 85.5 cm³/mol. The second-order valence-corrected chi connectivity index (χ2v) is 7.54. The summed E-state index contributed by atoms with van der Waals surface area (Å²) in [5, 5.41) is 15.6. The van der Waals surface area contributed by atoms with Gasteiger partial charge in [0.1, 0.15) is 5.60 Å². The van der Waals surface area contributed by atoms with Gasteiger partial charge in [-0.15, -0.1) is 0 Å². The highest BCUT2D eigenvalue weighted by Crippen LogP contribution is 2.44. The summed E-state index contributed by atoms with van der Waals surface area (Å²) in [6, 6.07) is 0. The van der Waals surface area contributed by atoms with Crippen molar-refractivity contribution in [1.29, 1.82) is 0 Å². The Labute approximate surface area is 130 Å². The standard InChI is InChI=1S/C16H27BrN2O/c1-4-8-19-15(14(17)11-18-19)16(20)7-5-6-13(10-16)9-12(2)3/h11-13,20H,4-10H2,1-3H3. The molecule has 1 aromatic heterocycles. The molecule has 1 heterocycles. The normalized spacial score (nSPS) is 27.2. The number of hydrogen-bond donors (Lipinski definition) is 1. The molecule has 4 heteroatoms. The number of aliphatic hydroxyl groups is 1. The van der Waals surface area contributed by atoms with E-state index in [1.165, 1.54) is 12.8 Å². The van der Waals surface area contributed by atoms with Gasteiger partial charge in [0.05, 0.1) is 16.4 Å². The van der Waals surface area contributed by atoms with Gasteiger partial charge < -0.3 is 5.11 Å². The van der Waals surface area contributed by atoms with Crippen LogP contribution in [-0.2, 0) is 12.1 Å². The lowest BCUT2D eigenvalue weighted by molar-refractivity contribution is -0.0323. The maximum absolute atomic E-state index is 11.2. The van der Waals surface area contributed by atoms with E-state index >= 15 is 0 Å². The van der Waals surface area contributed by atoms with Gasteiger partial charge in [-0.2, -0.15) is 5.10 Å². The quantitative estimate of drug-likeness (QED) is 0.856. The van der Waals surface area contributed by atoms with Gasteiger partial charge in [0.2, 0.25) is 0 Å². The van der Waals surface area contributed by atoms with E-state index in [9.17, 15) is 5.11 Å². The van der Waals surface area contributed by atoms with Gasteiger partial charge in [-0.1, -0.05) is 27.2 Å². The van der Waals surface area contributed by atoms with Gasteiger partial charge >= 0.3 is 0 Å². The molecule has 1 aliphatic rings. The summed E-state index contributed by atoms with van der Waals surface area (Å²) in [5.41, 5.74) is 0.287. The molecule has 0 aromatic carbocycles. The molecule has 0 spiro atoms. The minimum atomic E-state index is -0.706. The fourth-order valence-electron chi connectivity index (χ4n) is 3.65. The van der Waals surface area contributed by atoms with E-state index in [2.05, 4.69) is 41.8 Å². The van der Waals surface area contributed by atoms with Crippen molar-refractivity contribution < 1.29 is 5.11 Å². The molecule has 1 aromatic rings. The van der Waals surface area contributed by atoms with Crippen molar-refractivity contribution in [3.8, 4) is 0 Å². The largest absolute Gasteiger partial charge is 0.384 e. The van der Waals surface area contributed by atoms with E-state index in [-0.39, 0.29) is 0 Å². The molecule has 2 atom stereocenters. The van der Waals surface area contributed by atoms with Crippen LogP contribution in [0.1, 0.15) is 65.0 Å². The fraction of sp³-hybridized carbons (Fsp3) is 0.812. The van der Waals surface area contributed by atoms with Gasteiger partial charge in [0.25, 0.3) is 0 Å². The number of aromatic nitrogens is 2. The predicted octanol–water partition coefficient (Wildman–Crippen LogP) is 4.48. The van der Waals surface area contributed by atoms with Crippen molar-refractivity contribution in [3.63, 3.8) is 0 Å². The second-order valence-electron chi connectivity index (χ2n) is 6.69. The van der Waals surface area contributed by atoms with E-state index in [1.807, 2.05) is 10.9 Å². The first-order valence-corrected chi connectivity index (χ1v) is 8.69. The Balaban J connectivity index is 2.23. The zero-order valence-corrected chi connectivity index (χ0v) is 14.5. The third-order valence-electron chi connectivity index (χ3n) is 4.30. The summed E-state index contributed by atoms with van der Waals surface area (Å²) in [6.45, 7) is 7.56. The van der Waals surface area contributed by atoms with Crippen LogP contribution >= 0.6 is 15.9 Å². The summed E-state index contributed by atoms with van der Waals surface area (Å²) in [6.07, 6.45) is 8.16. The molecule has 1 fully saturated rings. The molecule has 114 valence electrons. The first kappa shape index (κ1) is 16.0. The Bertz CT molecular complexity index is 444. The topological polar surface area (TPSA) is 38.0 Å².